The number of carbonyl (C=O) groups excluding carboxylic acids is 1. The molecule has 0 aliphatic heterocycles. The number of aromatic carboxylic acids is 1. The molecular formula is C15H12O3. The Morgan fingerprint density at radius 1 is 1.11 bits per heavy atom. The van der Waals surface area contributed by atoms with Gasteiger partial charge >= 0.3 is 5.97 Å². The third-order valence-corrected chi connectivity index (χ3v) is 2.83. The highest BCUT2D eigenvalue weighted by Crippen LogP contribution is 2.24. The SMILES string of the molecule is Cc1cc(C(=O)O)ccc1-c1ccc(C=O)cc1. The maximum Gasteiger partial charge on any atom is 0.335 e. The van der Waals surface area contributed by atoms with E-state index in [-0.39, 0.29) is 5.56 Å². The number of benzene rings is 2. The summed E-state index contributed by atoms with van der Waals surface area (Å²) in [7, 11) is 0. The van der Waals surface area contributed by atoms with E-state index in [0.29, 0.717) is 5.56 Å². The average Bonchev–Trinajstić information content (AvgIpc) is 2.38. The van der Waals surface area contributed by atoms with Crippen molar-refractivity contribution in [2.45, 2.75) is 6.92 Å². The summed E-state index contributed by atoms with van der Waals surface area (Å²) in [5, 5.41) is 8.90. The fourth-order valence-corrected chi connectivity index (χ4v) is 1.86. The molecule has 0 unspecified atom stereocenters. The van der Waals surface area contributed by atoms with Gasteiger partial charge in [0.15, 0.2) is 0 Å². The molecule has 0 amide bonds. The van der Waals surface area contributed by atoms with Crippen molar-refractivity contribution in [2.75, 3.05) is 0 Å². The van der Waals surface area contributed by atoms with E-state index in [1.807, 2.05) is 19.1 Å². The van der Waals surface area contributed by atoms with Gasteiger partial charge in [0.05, 0.1) is 5.56 Å². The minimum Gasteiger partial charge on any atom is -0.478 e. The van der Waals surface area contributed by atoms with Crippen molar-refractivity contribution in [3.8, 4) is 11.1 Å². The lowest BCUT2D eigenvalue weighted by Gasteiger charge is -2.07. The molecule has 0 fully saturated rings. The van der Waals surface area contributed by atoms with E-state index in [4.69, 9.17) is 5.11 Å². The highest BCUT2D eigenvalue weighted by atomic mass is 16.4. The lowest BCUT2D eigenvalue weighted by atomic mass is 9.98. The molecule has 0 aliphatic carbocycles. The fourth-order valence-electron chi connectivity index (χ4n) is 1.86. The van der Waals surface area contributed by atoms with Crippen LogP contribution in [0.2, 0.25) is 0 Å². The Labute approximate surface area is 105 Å². The summed E-state index contributed by atoms with van der Waals surface area (Å²) in [6, 6.07) is 12.2. The molecule has 1 N–H and O–H groups in total. The third-order valence-electron chi connectivity index (χ3n) is 2.83. The largest absolute Gasteiger partial charge is 0.478 e. The first kappa shape index (κ1) is 12.0. The van der Waals surface area contributed by atoms with Gasteiger partial charge < -0.3 is 5.11 Å². The van der Waals surface area contributed by atoms with Gasteiger partial charge in [-0.2, -0.15) is 0 Å². The number of rotatable bonds is 3. The highest BCUT2D eigenvalue weighted by molar-refractivity contribution is 5.89. The van der Waals surface area contributed by atoms with Crippen LogP contribution in [0.15, 0.2) is 42.5 Å². The van der Waals surface area contributed by atoms with Crippen LogP contribution in [0.25, 0.3) is 11.1 Å². The molecule has 0 bridgehead atoms. The zero-order valence-electron chi connectivity index (χ0n) is 9.88. The molecule has 3 heteroatoms. The molecule has 2 aromatic carbocycles. The van der Waals surface area contributed by atoms with Gasteiger partial charge in [-0.1, -0.05) is 30.3 Å². The predicted octanol–water partition coefficient (Wildman–Crippen LogP) is 3.17. The van der Waals surface area contributed by atoms with E-state index in [1.54, 1.807) is 30.3 Å². The summed E-state index contributed by atoms with van der Waals surface area (Å²) in [4.78, 5) is 21.4. The van der Waals surface area contributed by atoms with Crippen LogP contribution in [0.5, 0.6) is 0 Å². The van der Waals surface area contributed by atoms with Crippen molar-refractivity contribution < 1.29 is 14.7 Å². The Hall–Kier alpha value is -2.42. The zero-order valence-corrected chi connectivity index (χ0v) is 9.88. The first-order chi connectivity index (χ1) is 8.61. The molecule has 0 saturated heterocycles. The van der Waals surface area contributed by atoms with Crippen molar-refractivity contribution in [3.05, 3.63) is 59.2 Å². The van der Waals surface area contributed by atoms with E-state index in [1.165, 1.54) is 0 Å². The van der Waals surface area contributed by atoms with Crippen molar-refractivity contribution in [1.29, 1.82) is 0 Å². The summed E-state index contributed by atoms with van der Waals surface area (Å²) in [6.07, 6.45) is 0.796. The van der Waals surface area contributed by atoms with Crippen molar-refractivity contribution in [1.82, 2.24) is 0 Å². The molecular weight excluding hydrogens is 228 g/mol. The number of hydrogen-bond acceptors (Lipinski definition) is 2. The second-order valence-electron chi connectivity index (χ2n) is 4.07. The number of carboxylic acid groups (broad SMARTS) is 1. The zero-order chi connectivity index (χ0) is 13.1. The maximum absolute atomic E-state index is 10.8. The number of carboxylic acids is 1. The number of aryl methyl sites for hydroxylation is 1. The lowest BCUT2D eigenvalue weighted by Crippen LogP contribution is -1.97. The Morgan fingerprint density at radius 3 is 2.28 bits per heavy atom. The van der Waals surface area contributed by atoms with E-state index in [0.717, 1.165) is 23.0 Å². The van der Waals surface area contributed by atoms with E-state index < -0.39 is 5.97 Å². The van der Waals surface area contributed by atoms with Crippen molar-refractivity contribution in [2.24, 2.45) is 0 Å². The van der Waals surface area contributed by atoms with Crippen LogP contribution < -0.4 is 0 Å². The molecule has 2 aromatic rings. The highest BCUT2D eigenvalue weighted by Gasteiger charge is 2.07. The second-order valence-corrected chi connectivity index (χ2v) is 4.07. The average molecular weight is 240 g/mol. The van der Waals surface area contributed by atoms with Gasteiger partial charge in [0.25, 0.3) is 0 Å². The molecule has 0 atom stereocenters. The normalized spacial score (nSPS) is 10.1. The molecule has 0 spiro atoms. The van der Waals surface area contributed by atoms with Gasteiger partial charge in [-0.05, 0) is 35.7 Å². The van der Waals surface area contributed by atoms with Gasteiger partial charge in [0, 0.05) is 5.56 Å². The summed E-state index contributed by atoms with van der Waals surface area (Å²) in [5.41, 5.74) is 3.74. The number of aldehydes is 1. The molecule has 0 saturated carbocycles. The molecule has 3 nitrogen and oxygen atoms in total. The van der Waals surface area contributed by atoms with Crippen molar-refractivity contribution in [3.63, 3.8) is 0 Å². The molecule has 0 aliphatic rings. The van der Waals surface area contributed by atoms with Crippen molar-refractivity contribution >= 4 is 12.3 Å². The van der Waals surface area contributed by atoms with Gasteiger partial charge in [-0.25, -0.2) is 4.79 Å². The van der Waals surface area contributed by atoms with Crippen LogP contribution in [0.3, 0.4) is 0 Å². The first-order valence-electron chi connectivity index (χ1n) is 5.51. The van der Waals surface area contributed by atoms with E-state index in [9.17, 15) is 9.59 Å². The maximum atomic E-state index is 10.8. The molecule has 0 radical (unpaired) electrons. The Morgan fingerprint density at radius 2 is 1.78 bits per heavy atom. The number of carbonyl (C=O) groups is 2. The van der Waals surface area contributed by atoms with Crippen LogP contribution >= 0.6 is 0 Å². The standard InChI is InChI=1S/C15H12O3/c1-10-8-13(15(17)18)6-7-14(10)12-4-2-11(9-16)3-5-12/h2-9H,1H3,(H,17,18). The first-order valence-corrected chi connectivity index (χ1v) is 5.51. The molecule has 2 rings (SSSR count). The van der Waals surface area contributed by atoms with Crippen LogP contribution in [0.1, 0.15) is 26.3 Å². The summed E-state index contributed by atoms with van der Waals surface area (Å²) >= 11 is 0. The van der Waals surface area contributed by atoms with E-state index >= 15 is 0 Å². The quantitative estimate of drug-likeness (QED) is 0.838. The molecule has 0 heterocycles. The minimum absolute atomic E-state index is 0.278. The van der Waals surface area contributed by atoms with Crippen LogP contribution in [-0.2, 0) is 0 Å². The van der Waals surface area contributed by atoms with E-state index in [2.05, 4.69) is 0 Å². The summed E-state index contributed by atoms with van der Waals surface area (Å²) in [5.74, 6) is -0.930. The fraction of sp³-hybridized carbons (Fsp3) is 0.0667. The second kappa shape index (κ2) is 4.84. The summed E-state index contributed by atoms with van der Waals surface area (Å²) in [6.45, 7) is 1.87. The Bertz CT molecular complexity index is 598. The Balaban J connectivity index is 2.44. The van der Waals surface area contributed by atoms with Gasteiger partial charge in [0.1, 0.15) is 6.29 Å². The third kappa shape index (κ3) is 2.30. The molecule has 90 valence electrons. The van der Waals surface area contributed by atoms with Crippen LogP contribution in [0, 0.1) is 6.92 Å². The molecule has 0 aromatic heterocycles. The summed E-state index contributed by atoms with van der Waals surface area (Å²) < 4.78 is 0. The smallest absolute Gasteiger partial charge is 0.335 e. The Kier molecular flexibility index (Phi) is 3.24. The number of hydrogen-bond donors (Lipinski definition) is 1. The topological polar surface area (TPSA) is 54.4 Å². The van der Waals surface area contributed by atoms with Crippen LogP contribution in [-0.4, -0.2) is 17.4 Å². The van der Waals surface area contributed by atoms with Gasteiger partial charge in [0.2, 0.25) is 0 Å². The monoisotopic (exact) mass is 240 g/mol. The predicted molar refractivity (Wildman–Crippen MR) is 69.0 cm³/mol. The molecule has 18 heavy (non-hydrogen) atoms. The van der Waals surface area contributed by atoms with Gasteiger partial charge in [-0.15, -0.1) is 0 Å². The minimum atomic E-state index is -0.930. The van der Waals surface area contributed by atoms with Gasteiger partial charge in [-0.3, -0.25) is 4.79 Å². The van der Waals surface area contributed by atoms with Crippen LogP contribution in [0.4, 0.5) is 0 Å². The lowest BCUT2D eigenvalue weighted by molar-refractivity contribution is 0.0696.